The van der Waals surface area contributed by atoms with Crippen LogP contribution in [0, 0.1) is 0 Å². The smallest absolute Gasteiger partial charge is 0.137 e. The number of aromatic amines is 1. The summed E-state index contributed by atoms with van der Waals surface area (Å²) in [5.41, 5.74) is 0. The Bertz CT molecular complexity index is 662. The molecule has 1 aromatic carbocycles. The monoisotopic (exact) mass is 292 g/mol. The molecule has 0 saturated carbocycles. The van der Waals surface area contributed by atoms with Crippen LogP contribution < -0.4 is 5.32 Å². The number of hydrogen-bond acceptors (Lipinski definition) is 4. The van der Waals surface area contributed by atoms with Crippen molar-refractivity contribution in [3.63, 3.8) is 0 Å². The molecule has 0 aliphatic rings. The molecule has 0 fully saturated rings. The minimum atomic E-state index is 0.784. The molecular formula is C13H13ClN4S. The summed E-state index contributed by atoms with van der Waals surface area (Å²) in [5.74, 6) is 0.898. The van der Waals surface area contributed by atoms with Crippen molar-refractivity contribution in [3.8, 4) is 0 Å². The molecule has 19 heavy (non-hydrogen) atoms. The Morgan fingerprint density at radius 2 is 2.21 bits per heavy atom. The van der Waals surface area contributed by atoms with E-state index < -0.39 is 0 Å². The molecule has 0 saturated heterocycles. The van der Waals surface area contributed by atoms with Gasteiger partial charge in [-0.1, -0.05) is 29.8 Å². The predicted octanol–water partition coefficient (Wildman–Crippen LogP) is 3.01. The Morgan fingerprint density at radius 3 is 3.00 bits per heavy atom. The van der Waals surface area contributed by atoms with Crippen LogP contribution in [0.3, 0.4) is 0 Å². The Balaban J connectivity index is 1.61. The number of fused-ring (bicyclic) bond motifs is 1. The standard InChI is InChI=1S/C13H13ClN4S/c14-13-9-3-1-2-4-10(9)19-11(13)7-15-6-5-12-16-8-17-18-12/h1-4,8,15H,5-7H2,(H,16,17,18). The zero-order valence-corrected chi connectivity index (χ0v) is 11.8. The Kier molecular flexibility index (Phi) is 3.77. The van der Waals surface area contributed by atoms with Gasteiger partial charge in [-0.25, -0.2) is 4.98 Å². The van der Waals surface area contributed by atoms with Crippen LogP contribution in [0.4, 0.5) is 0 Å². The number of nitrogens with one attached hydrogen (secondary N) is 2. The highest BCUT2D eigenvalue weighted by Gasteiger charge is 2.08. The first kappa shape index (κ1) is 12.6. The van der Waals surface area contributed by atoms with Gasteiger partial charge in [-0.2, -0.15) is 5.10 Å². The fraction of sp³-hybridized carbons (Fsp3) is 0.231. The molecule has 0 amide bonds. The van der Waals surface area contributed by atoms with Crippen LogP contribution in [0.25, 0.3) is 10.1 Å². The fourth-order valence-corrected chi connectivity index (χ4v) is 3.41. The number of thiophene rings is 1. The van der Waals surface area contributed by atoms with E-state index in [1.54, 1.807) is 11.3 Å². The maximum absolute atomic E-state index is 6.38. The summed E-state index contributed by atoms with van der Waals surface area (Å²) in [7, 11) is 0. The van der Waals surface area contributed by atoms with Crippen molar-refractivity contribution in [2.24, 2.45) is 0 Å². The van der Waals surface area contributed by atoms with Crippen LogP contribution in [-0.4, -0.2) is 21.7 Å². The summed E-state index contributed by atoms with van der Waals surface area (Å²) in [5, 5.41) is 12.1. The number of aromatic nitrogens is 3. The first-order valence-electron chi connectivity index (χ1n) is 6.05. The molecule has 3 aromatic rings. The first-order valence-corrected chi connectivity index (χ1v) is 7.25. The normalized spacial score (nSPS) is 11.2. The van der Waals surface area contributed by atoms with Gasteiger partial charge in [0.2, 0.25) is 0 Å². The van der Waals surface area contributed by atoms with Gasteiger partial charge >= 0.3 is 0 Å². The molecule has 6 heteroatoms. The number of rotatable bonds is 5. The average Bonchev–Trinajstić information content (AvgIpc) is 3.04. The highest BCUT2D eigenvalue weighted by molar-refractivity contribution is 7.19. The maximum atomic E-state index is 6.38. The van der Waals surface area contributed by atoms with E-state index in [1.165, 1.54) is 15.9 Å². The summed E-state index contributed by atoms with van der Waals surface area (Å²) in [6.07, 6.45) is 2.36. The van der Waals surface area contributed by atoms with Crippen molar-refractivity contribution in [1.82, 2.24) is 20.5 Å². The molecule has 0 radical (unpaired) electrons. The van der Waals surface area contributed by atoms with E-state index in [0.717, 1.165) is 35.7 Å². The molecule has 0 aliphatic carbocycles. The Morgan fingerprint density at radius 1 is 1.32 bits per heavy atom. The molecule has 0 aliphatic heterocycles. The van der Waals surface area contributed by atoms with Crippen molar-refractivity contribution < 1.29 is 0 Å². The number of hydrogen-bond donors (Lipinski definition) is 2. The number of nitrogens with zero attached hydrogens (tertiary/aromatic N) is 2. The van der Waals surface area contributed by atoms with Gasteiger partial charge in [-0.15, -0.1) is 11.3 Å². The second-order valence-electron chi connectivity index (χ2n) is 4.19. The van der Waals surface area contributed by atoms with Crippen molar-refractivity contribution in [2.45, 2.75) is 13.0 Å². The molecule has 0 bridgehead atoms. The van der Waals surface area contributed by atoms with Crippen LogP contribution >= 0.6 is 22.9 Å². The van der Waals surface area contributed by atoms with Gasteiger partial charge in [0.15, 0.2) is 0 Å². The molecule has 2 heterocycles. The molecule has 0 atom stereocenters. The summed E-state index contributed by atoms with van der Waals surface area (Å²) >= 11 is 8.12. The fourth-order valence-electron chi connectivity index (χ4n) is 1.94. The van der Waals surface area contributed by atoms with E-state index in [9.17, 15) is 0 Å². The number of halogens is 1. The second-order valence-corrected chi connectivity index (χ2v) is 5.71. The van der Waals surface area contributed by atoms with E-state index >= 15 is 0 Å². The van der Waals surface area contributed by atoms with Gasteiger partial charge in [0, 0.05) is 34.5 Å². The van der Waals surface area contributed by atoms with Crippen LogP contribution in [-0.2, 0) is 13.0 Å². The van der Waals surface area contributed by atoms with Gasteiger partial charge < -0.3 is 5.32 Å². The van der Waals surface area contributed by atoms with Gasteiger partial charge in [0.05, 0.1) is 5.02 Å². The van der Waals surface area contributed by atoms with Gasteiger partial charge in [0.1, 0.15) is 12.2 Å². The number of H-pyrrole nitrogens is 1. The van der Waals surface area contributed by atoms with Crippen molar-refractivity contribution in [3.05, 3.63) is 46.3 Å². The van der Waals surface area contributed by atoms with Crippen LogP contribution in [0.2, 0.25) is 5.02 Å². The third-order valence-electron chi connectivity index (χ3n) is 2.89. The van der Waals surface area contributed by atoms with E-state index in [1.807, 2.05) is 12.1 Å². The number of benzene rings is 1. The molecule has 0 unspecified atom stereocenters. The van der Waals surface area contributed by atoms with Crippen LogP contribution in [0.15, 0.2) is 30.6 Å². The molecular weight excluding hydrogens is 280 g/mol. The van der Waals surface area contributed by atoms with Crippen molar-refractivity contribution in [1.29, 1.82) is 0 Å². The first-order chi connectivity index (χ1) is 9.34. The maximum Gasteiger partial charge on any atom is 0.137 e. The summed E-state index contributed by atoms with van der Waals surface area (Å²) in [6.45, 7) is 1.63. The summed E-state index contributed by atoms with van der Waals surface area (Å²) < 4.78 is 1.24. The topological polar surface area (TPSA) is 53.6 Å². The van der Waals surface area contributed by atoms with Crippen LogP contribution in [0.5, 0.6) is 0 Å². The van der Waals surface area contributed by atoms with Gasteiger partial charge in [-0.05, 0) is 6.07 Å². The lowest BCUT2D eigenvalue weighted by atomic mass is 10.2. The molecule has 0 spiro atoms. The summed E-state index contributed by atoms with van der Waals surface area (Å²) in [6, 6.07) is 8.22. The average molecular weight is 293 g/mol. The minimum absolute atomic E-state index is 0.784. The highest BCUT2D eigenvalue weighted by Crippen LogP contribution is 2.34. The molecule has 2 N–H and O–H groups in total. The molecule has 3 rings (SSSR count). The molecule has 4 nitrogen and oxygen atoms in total. The third kappa shape index (κ3) is 2.78. The van der Waals surface area contributed by atoms with Crippen molar-refractivity contribution >= 4 is 33.0 Å². The third-order valence-corrected chi connectivity index (χ3v) is 4.61. The lowest BCUT2D eigenvalue weighted by molar-refractivity contribution is 0.677. The largest absolute Gasteiger partial charge is 0.311 e. The van der Waals surface area contributed by atoms with E-state index in [-0.39, 0.29) is 0 Å². The Labute approximate surface area is 119 Å². The second kappa shape index (κ2) is 5.69. The van der Waals surface area contributed by atoms with Crippen LogP contribution in [0.1, 0.15) is 10.7 Å². The van der Waals surface area contributed by atoms with Gasteiger partial charge in [-0.3, -0.25) is 5.10 Å². The lowest BCUT2D eigenvalue weighted by Gasteiger charge is -2.01. The molecule has 98 valence electrons. The molecule has 2 aromatic heterocycles. The highest BCUT2D eigenvalue weighted by atomic mass is 35.5. The summed E-state index contributed by atoms with van der Waals surface area (Å²) in [4.78, 5) is 5.26. The van der Waals surface area contributed by atoms with E-state index in [4.69, 9.17) is 11.6 Å². The van der Waals surface area contributed by atoms with Gasteiger partial charge in [0.25, 0.3) is 0 Å². The Hall–Kier alpha value is -1.43. The van der Waals surface area contributed by atoms with E-state index in [0.29, 0.717) is 0 Å². The predicted molar refractivity (Wildman–Crippen MR) is 78.6 cm³/mol. The zero-order valence-electron chi connectivity index (χ0n) is 10.2. The SMILES string of the molecule is Clc1c(CNCCc2ncn[nH]2)sc2ccccc12. The van der Waals surface area contributed by atoms with E-state index in [2.05, 4.69) is 32.6 Å². The van der Waals surface area contributed by atoms with Crippen molar-refractivity contribution in [2.75, 3.05) is 6.54 Å². The zero-order chi connectivity index (χ0) is 13.1. The minimum Gasteiger partial charge on any atom is -0.311 e. The quantitative estimate of drug-likeness (QED) is 0.711. The lowest BCUT2D eigenvalue weighted by Crippen LogP contribution is -2.16.